The molecule has 2 nitrogen and oxygen atoms in total. The van der Waals surface area contributed by atoms with Crippen molar-refractivity contribution in [3.8, 4) is 0 Å². The molecule has 1 aliphatic rings. The van der Waals surface area contributed by atoms with E-state index in [1.54, 1.807) is 12.3 Å². The maximum Gasteiger partial charge on any atom is 0.132 e. The highest BCUT2D eigenvalue weighted by Crippen LogP contribution is 2.40. The first-order valence-corrected chi connectivity index (χ1v) is 3.59. The van der Waals surface area contributed by atoms with Crippen molar-refractivity contribution >= 4 is 0 Å². The van der Waals surface area contributed by atoms with E-state index in [0.29, 0.717) is 11.7 Å². The van der Waals surface area contributed by atoms with Crippen molar-refractivity contribution in [1.29, 1.82) is 0 Å². The van der Waals surface area contributed by atoms with E-state index in [1.807, 2.05) is 6.07 Å². The minimum atomic E-state index is -0.352. The number of aliphatic hydroxyl groups is 1. The molecule has 0 aliphatic heterocycles. The zero-order chi connectivity index (χ0) is 6.97. The second-order valence-electron chi connectivity index (χ2n) is 2.80. The molecular formula is C8H10O2. The third-order valence-electron chi connectivity index (χ3n) is 1.90. The first-order chi connectivity index (χ1) is 4.88. The largest absolute Gasteiger partial charge is 0.467 e. The SMILES string of the molecule is O[C@@H](c1ccco1)C1CC1. The van der Waals surface area contributed by atoms with Crippen LogP contribution >= 0.6 is 0 Å². The highest BCUT2D eigenvalue weighted by Gasteiger charge is 2.32. The molecule has 0 aromatic carbocycles. The van der Waals surface area contributed by atoms with Gasteiger partial charge >= 0.3 is 0 Å². The molecule has 0 saturated heterocycles. The molecule has 1 aliphatic carbocycles. The van der Waals surface area contributed by atoms with Gasteiger partial charge in [0.2, 0.25) is 0 Å². The Labute approximate surface area is 59.5 Å². The fraction of sp³-hybridized carbons (Fsp3) is 0.500. The van der Waals surface area contributed by atoms with Crippen LogP contribution in [0.15, 0.2) is 22.8 Å². The summed E-state index contributed by atoms with van der Waals surface area (Å²) in [6.45, 7) is 0. The van der Waals surface area contributed by atoms with Crippen molar-refractivity contribution < 1.29 is 9.52 Å². The van der Waals surface area contributed by atoms with Crippen molar-refractivity contribution in [3.05, 3.63) is 24.2 Å². The molecule has 0 radical (unpaired) electrons. The normalized spacial score (nSPS) is 20.9. The molecule has 1 heterocycles. The molecule has 2 rings (SSSR count). The highest BCUT2D eigenvalue weighted by molar-refractivity contribution is 5.05. The Balaban J connectivity index is 2.11. The van der Waals surface area contributed by atoms with Crippen molar-refractivity contribution in [2.75, 3.05) is 0 Å². The minimum Gasteiger partial charge on any atom is -0.467 e. The summed E-state index contributed by atoms with van der Waals surface area (Å²) in [4.78, 5) is 0. The summed E-state index contributed by atoms with van der Waals surface area (Å²) in [6, 6.07) is 3.63. The maximum atomic E-state index is 9.46. The van der Waals surface area contributed by atoms with Crippen LogP contribution in [-0.2, 0) is 0 Å². The van der Waals surface area contributed by atoms with Crippen LogP contribution in [0.1, 0.15) is 24.7 Å². The third kappa shape index (κ3) is 0.948. The average Bonchev–Trinajstić information content (AvgIpc) is 2.65. The molecule has 1 atom stereocenters. The van der Waals surface area contributed by atoms with Crippen LogP contribution < -0.4 is 0 Å². The van der Waals surface area contributed by atoms with Gasteiger partial charge in [-0.25, -0.2) is 0 Å². The molecule has 0 unspecified atom stereocenters. The molecule has 10 heavy (non-hydrogen) atoms. The van der Waals surface area contributed by atoms with Crippen LogP contribution in [-0.4, -0.2) is 5.11 Å². The number of rotatable bonds is 2. The molecule has 0 spiro atoms. The third-order valence-corrected chi connectivity index (χ3v) is 1.90. The van der Waals surface area contributed by atoms with Gasteiger partial charge in [-0.15, -0.1) is 0 Å². The molecule has 2 heteroatoms. The Bertz CT molecular complexity index is 199. The Morgan fingerprint density at radius 3 is 2.90 bits per heavy atom. The summed E-state index contributed by atoms with van der Waals surface area (Å²) in [5.74, 6) is 1.17. The average molecular weight is 138 g/mol. The summed E-state index contributed by atoms with van der Waals surface area (Å²) >= 11 is 0. The van der Waals surface area contributed by atoms with E-state index in [0.717, 1.165) is 12.8 Å². The van der Waals surface area contributed by atoms with Gasteiger partial charge in [-0.05, 0) is 30.9 Å². The van der Waals surface area contributed by atoms with Crippen LogP contribution in [0, 0.1) is 5.92 Å². The molecule has 1 N–H and O–H groups in total. The first-order valence-electron chi connectivity index (χ1n) is 3.59. The van der Waals surface area contributed by atoms with Gasteiger partial charge in [0.1, 0.15) is 11.9 Å². The number of aliphatic hydroxyl groups excluding tert-OH is 1. The number of hydrogen-bond acceptors (Lipinski definition) is 2. The van der Waals surface area contributed by atoms with Gasteiger partial charge in [-0.1, -0.05) is 0 Å². The lowest BCUT2D eigenvalue weighted by molar-refractivity contribution is 0.127. The van der Waals surface area contributed by atoms with E-state index in [2.05, 4.69) is 0 Å². The lowest BCUT2D eigenvalue weighted by Crippen LogP contribution is -1.96. The highest BCUT2D eigenvalue weighted by atomic mass is 16.4. The summed E-state index contributed by atoms with van der Waals surface area (Å²) in [7, 11) is 0. The smallest absolute Gasteiger partial charge is 0.132 e. The fourth-order valence-corrected chi connectivity index (χ4v) is 1.10. The van der Waals surface area contributed by atoms with Crippen LogP contribution in [0.25, 0.3) is 0 Å². The predicted molar refractivity (Wildman–Crippen MR) is 36.4 cm³/mol. The summed E-state index contributed by atoms with van der Waals surface area (Å²) in [5.41, 5.74) is 0. The zero-order valence-electron chi connectivity index (χ0n) is 5.66. The molecule has 1 aromatic rings. The lowest BCUT2D eigenvalue weighted by atomic mass is 10.2. The second-order valence-corrected chi connectivity index (χ2v) is 2.80. The van der Waals surface area contributed by atoms with E-state index in [4.69, 9.17) is 4.42 Å². The van der Waals surface area contributed by atoms with E-state index in [1.165, 1.54) is 0 Å². The maximum absolute atomic E-state index is 9.46. The zero-order valence-corrected chi connectivity index (χ0v) is 5.66. The number of hydrogen-bond donors (Lipinski definition) is 1. The van der Waals surface area contributed by atoms with E-state index in [9.17, 15) is 5.11 Å². The van der Waals surface area contributed by atoms with Gasteiger partial charge in [0.25, 0.3) is 0 Å². The topological polar surface area (TPSA) is 33.4 Å². The minimum absolute atomic E-state index is 0.352. The molecule has 1 aromatic heterocycles. The molecule has 0 bridgehead atoms. The fourth-order valence-electron chi connectivity index (χ4n) is 1.10. The van der Waals surface area contributed by atoms with E-state index < -0.39 is 0 Å². The first kappa shape index (κ1) is 5.98. The van der Waals surface area contributed by atoms with Crippen LogP contribution in [0.3, 0.4) is 0 Å². The van der Waals surface area contributed by atoms with Gasteiger partial charge in [0.05, 0.1) is 6.26 Å². The Kier molecular flexibility index (Phi) is 1.27. The van der Waals surface area contributed by atoms with Crippen molar-refractivity contribution in [2.24, 2.45) is 5.92 Å². The van der Waals surface area contributed by atoms with Gasteiger partial charge < -0.3 is 9.52 Å². The van der Waals surface area contributed by atoms with Crippen LogP contribution in [0.4, 0.5) is 0 Å². The van der Waals surface area contributed by atoms with Gasteiger partial charge in [0.15, 0.2) is 0 Å². The molecule has 1 saturated carbocycles. The number of furan rings is 1. The Hall–Kier alpha value is -0.760. The van der Waals surface area contributed by atoms with Gasteiger partial charge in [0, 0.05) is 0 Å². The van der Waals surface area contributed by atoms with E-state index >= 15 is 0 Å². The molecule has 1 fully saturated rings. The molecule has 0 amide bonds. The monoisotopic (exact) mass is 138 g/mol. The molecular weight excluding hydrogens is 128 g/mol. The molecule has 54 valence electrons. The summed E-state index contributed by atoms with van der Waals surface area (Å²) in [6.07, 6.45) is 3.53. The Morgan fingerprint density at radius 1 is 1.60 bits per heavy atom. The Morgan fingerprint density at radius 2 is 2.40 bits per heavy atom. The second kappa shape index (κ2) is 2.13. The standard InChI is InChI=1S/C8H10O2/c9-8(6-3-4-6)7-2-1-5-10-7/h1-2,5-6,8-9H,3-4H2/t8-/m1/s1. The quantitative estimate of drug-likeness (QED) is 0.675. The summed E-state index contributed by atoms with van der Waals surface area (Å²) < 4.78 is 5.05. The van der Waals surface area contributed by atoms with E-state index in [-0.39, 0.29) is 6.10 Å². The van der Waals surface area contributed by atoms with Gasteiger partial charge in [-0.3, -0.25) is 0 Å². The summed E-state index contributed by atoms with van der Waals surface area (Å²) in [5, 5.41) is 9.46. The lowest BCUT2D eigenvalue weighted by Gasteiger charge is -2.02. The van der Waals surface area contributed by atoms with Gasteiger partial charge in [-0.2, -0.15) is 0 Å². The van der Waals surface area contributed by atoms with Crippen molar-refractivity contribution in [1.82, 2.24) is 0 Å². The van der Waals surface area contributed by atoms with Crippen molar-refractivity contribution in [3.63, 3.8) is 0 Å². The van der Waals surface area contributed by atoms with Crippen LogP contribution in [0.2, 0.25) is 0 Å². The van der Waals surface area contributed by atoms with Crippen molar-refractivity contribution in [2.45, 2.75) is 18.9 Å². The predicted octanol–water partition coefficient (Wildman–Crippen LogP) is 1.72. The van der Waals surface area contributed by atoms with Crippen LogP contribution in [0.5, 0.6) is 0 Å².